The highest BCUT2D eigenvalue weighted by molar-refractivity contribution is 5.97. The molecule has 310 valence electrons. The predicted octanol–water partition coefficient (Wildman–Crippen LogP) is -3.89. The van der Waals surface area contributed by atoms with Crippen LogP contribution in [0.15, 0.2) is 0 Å². The quantitative estimate of drug-likeness (QED) is 0.0399. The highest BCUT2D eigenvalue weighted by Gasteiger charge is 2.34. The number of nitrogens with two attached hydrogens (primary N) is 2. The van der Waals surface area contributed by atoms with Crippen molar-refractivity contribution in [1.82, 2.24) is 31.9 Å². The van der Waals surface area contributed by atoms with E-state index in [0.29, 0.717) is 0 Å². The summed E-state index contributed by atoms with van der Waals surface area (Å²) in [5.74, 6) is -13.9. The second-order valence-electron chi connectivity index (χ2n) is 13.3. The zero-order valence-electron chi connectivity index (χ0n) is 31.1. The first kappa shape index (κ1) is 49.1. The third kappa shape index (κ3) is 19.2. The zero-order chi connectivity index (χ0) is 42.7. The fraction of sp³-hybridized carbons (Fsp3) is 0.656. The van der Waals surface area contributed by atoms with Crippen LogP contribution < -0.4 is 43.4 Å². The van der Waals surface area contributed by atoms with Gasteiger partial charge in [0.1, 0.15) is 36.3 Å². The third-order valence-corrected chi connectivity index (χ3v) is 7.88. The van der Waals surface area contributed by atoms with Crippen LogP contribution >= 0.6 is 0 Å². The molecule has 0 aromatic heterocycles. The predicted molar refractivity (Wildman–Crippen MR) is 187 cm³/mol. The highest BCUT2D eigenvalue weighted by Crippen LogP contribution is 2.09. The third-order valence-electron chi connectivity index (χ3n) is 7.88. The molecule has 0 aromatic carbocycles. The lowest BCUT2D eigenvalue weighted by Gasteiger charge is -2.28. The Morgan fingerprint density at radius 1 is 0.473 bits per heavy atom. The smallest absolute Gasteiger partial charge is 0.326 e. The summed E-state index contributed by atoms with van der Waals surface area (Å²) in [7, 11) is 0. The summed E-state index contributed by atoms with van der Waals surface area (Å²) in [5, 5.41) is 50.3. The molecule has 0 bridgehead atoms. The number of carbonyl (C=O) groups excluding carboxylic acids is 7. The summed E-state index contributed by atoms with van der Waals surface area (Å²) < 4.78 is 0. The lowest BCUT2D eigenvalue weighted by molar-refractivity contribution is -0.144. The van der Waals surface area contributed by atoms with Crippen molar-refractivity contribution in [3.05, 3.63) is 0 Å². The minimum atomic E-state index is -1.83. The standard InChI is InChI=1S/C32H52N8O15/c1-13(2)24(34)30(52)40-25(14(3)4)31(53)38-18(8-11-23(46)47)28(50)37-16(6-9-21(42)43)27(49)35-15(5)26(48)36-17(7-10-22(44)45)29(51)39-19(32(54)55)12-20(33)41/h13-19,24-25H,6-12,34H2,1-5H3,(H2,33,41)(H,35,49)(H,36,48)(H,37,50)(H,38,53)(H,39,51)(H,40,52)(H,42,43)(H,44,45)(H,46,47)(H,54,55). The molecule has 0 radical (unpaired) electrons. The number of primary amides is 1. The van der Waals surface area contributed by atoms with Gasteiger partial charge in [-0.2, -0.15) is 0 Å². The monoisotopic (exact) mass is 788 g/mol. The number of rotatable bonds is 26. The fourth-order valence-electron chi connectivity index (χ4n) is 4.58. The molecule has 55 heavy (non-hydrogen) atoms. The molecule has 0 fully saturated rings. The van der Waals surface area contributed by atoms with Crippen LogP contribution in [0.2, 0.25) is 0 Å². The molecule has 14 N–H and O–H groups in total. The van der Waals surface area contributed by atoms with E-state index in [-0.39, 0.29) is 5.92 Å². The summed E-state index contributed by atoms with van der Waals surface area (Å²) in [6.07, 6.45) is -4.52. The van der Waals surface area contributed by atoms with Gasteiger partial charge in [0.15, 0.2) is 0 Å². The number of hydrogen-bond donors (Lipinski definition) is 12. The Hall–Kier alpha value is -5.87. The Kier molecular flexibility index (Phi) is 21.2. The van der Waals surface area contributed by atoms with Crippen molar-refractivity contribution in [2.24, 2.45) is 23.3 Å². The second-order valence-corrected chi connectivity index (χ2v) is 13.3. The van der Waals surface area contributed by atoms with E-state index in [4.69, 9.17) is 16.6 Å². The molecule has 0 rings (SSSR count). The van der Waals surface area contributed by atoms with E-state index in [1.165, 1.54) is 0 Å². The molecule has 7 amide bonds. The summed E-state index contributed by atoms with van der Waals surface area (Å²) in [4.78, 5) is 135. The molecular weight excluding hydrogens is 736 g/mol. The first-order valence-electron chi connectivity index (χ1n) is 17.1. The van der Waals surface area contributed by atoms with Gasteiger partial charge in [-0.05, 0) is 38.0 Å². The van der Waals surface area contributed by atoms with Crippen LogP contribution in [0, 0.1) is 11.8 Å². The first-order chi connectivity index (χ1) is 25.4. The van der Waals surface area contributed by atoms with Crippen LogP contribution in [-0.2, 0) is 52.7 Å². The van der Waals surface area contributed by atoms with Gasteiger partial charge in [-0.3, -0.25) is 47.9 Å². The van der Waals surface area contributed by atoms with Gasteiger partial charge in [0, 0.05) is 19.3 Å². The Morgan fingerprint density at radius 2 is 0.836 bits per heavy atom. The largest absolute Gasteiger partial charge is 0.481 e. The summed E-state index contributed by atoms with van der Waals surface area (Å²) in [6.45, 7) is 7.62. The van der Waals surface area contributed by atoms with E-state index in [0.717, 1.165) is 6.92 Å². The van der Waals surface area contributed by atoms with E-state index in [9.17, 15) is 68.1 Å². The summed E-state index contributed by atoms with van der Waals surface area (Å²) in [6, 6.07) is -10.6. The van der Waals surface area contributed by atoms with Crippen LogP contribution in [-0.4, -0.2) is 128 Å². The molecule has 0 aromatic rings. The number of amides is 7. The van der Waals surface area contributed by atoms with Crippen molar-refractivity contribution in [1.29, 1.82) is 0 Å². The molecule has 0 heterocycles. The van der Waals surface area contributed by atoms with E-state index in [1.807, 2.05) is 5.32 Å². The van der Waals surface area contributed by atoms with Crippen molar-refractivity contribution in [3.8, 4) is 0 Å². The van der Waals surface area contributed by atoms with Crippen LogP contribution in [0.3, 0.4) is 0 Å². The Balaban J connectivity index is 6.17. The van der Waals surface area contributed by atoms with Crippen LogP contribution in [0.25, 0.3) is 0 Å². The minimum Gasteiger partial charge on any atom is -0.481 e. The molecule has 0 aliphatic heterocycles. The second kappa shape index (κ2) is 23.7. The molecule has 0 saturated carbocycles. The Labute approximate surface area is 315 Å². The van der Waals surface area contributed by atoms with Crippen LogP contribution in [0.1, 0.15) is 79.6 Å². The van der Waals surface area contributed by atoms with Gasteiger partial charge in [0.05, 0.1) is 12.5 Å². The molecule has 7 unspecified atom stereocenters. The Bertz CT molecular complexity index is 1450. The Morgan fingerprint density at radius 3 is 1.18 bits per heavy atom. The SMILES string of the molecule is CC(NC(=O)C(CCC(=O)O)NC(=O)C(CCC(=O)O)NC(=O)C(NC(=O)C(N)C(C)C)C(C)C)C(=O)NC(CCC(=O)O)C(=O)NC(CC(N)=O)C(=O)O. The normalized spacial score (nSPS) is 14.8. The molecule has 0 spiro atoms. The lowest BCUT2D eigenvalue weighted by Crippen LogP contribution is -2.60. The van der Waals surface area contributed by atoms with Gasteiger partial charge in [-0.25, -0.2) is 4.79 Å². The van der Waals surface area contributed by atoms with Crippen LogP contribution in [0.5, 0.6) is 0 Å². The minimum absolute atomic E-state index is 0.295. The highest BCUT2D eigenvalue weighted by atomic mass is 16.4. The molecule has 23 nitrogen and oxygen atoms in total. The maximum absolute atomic E-state index is 13.4. The van der Waals surface area contributed by atoms with Crippen LogP contribution in [0.4, 0.5) is 0 Å². The van der Waals surface area contributed by atoms with Crippen molar-refractivity contribution in [2.45, 2.75) is 122 Å². The van der Waals surface area contributed by atoms with Gasteiger partial charge in [0.25, 0.3) is 0 Å². The van der Waals surface area contributed by atoms with Gasteiger partial charge >= 0.3 is 23.9 Å². The van der Waals surface area contributed by atoms with E-state index in [1.54, 1.807) is 27.7 Å². The van der Waals surface area contributed by atoms with E-state index in [2.05, 4.69) is 26.6 Å². The fourth-order valence-corrected chi connectivity index (χ4v) is 4.58. The molecule has 0 aliphatic carbocycles. The molecule has 0 saturated heterocycles. The van der Waals surface area contributed by atoms with E-state index < -0.39 is 158 Å². The number of carbonyl (C=O) groups is 11. The van der Waals surface area contributed by atoms with Gasteiger partial charge < -0.3 is 63.8 Å². The van der Waals surface area contributed by atoms with Crippen molar-refractivity contribution >= 4 is 65.2 Å². The average Bonchev–Trinajstić information content (AvgIpc) is 3.06. The van der Waals surface area contributed by atoms with Crippen molar-refractivity contribution in [2.75, 3.05) is 0 Å². The van der Waals surface area contributed by atoms with Gasteiger partial charge in [0.2, 0.25) is 41.4 Å². The number of carboxylic acid groups (broad SMARTS) is 4. The number of carboxylic acids is 4. The number of aliphatic carboxylic acids is 4. The molecule has 23 heteroatoms. The summed E-state index contributed by atoms with van der Waals surface area (Å²) >= 11 is 0. The number of nitrogens with one attached hydrogen (secondary N) is 6. The zero-order valence-corrected chi connectivity index (χ0v) is 31.1. The van der Waals surface area contributed by atoms with Gasteiger partial charge in [-0.15, -0.1) is 0 Å². The molecule has 0 aliphatic rings. The topological polar surface area (TPSA) is 393 Å². The summed E-state index contributed by atoms with van der Waals surface area (Å²) in [5.41, 5.74) is 10.9. The van der Waals surface area contributed by atoms with Crippen molar-refractivity contribution in [3.63, 3.8) is 0 Å². The maximum atomic E-state index is 13.4. The molecular formula is C32H52N8O15. The van der Waals surface area contributed by atoms with Crippen molar-refractivity contribution < 1.29 is 73.2 Å². The van der Waals surface area contributed by atoms with E-state index >= 15 is 0 Å². The first-order valence-corrected chi connectivity index (χ1v) is 17.1. The van der Waals surface area contributed by atoms with Gasteiger partial charge in [-0.1, -0.05) is 27.7 Å². The number of hydrogen-bond acceptors (Lipinski definition) is 12. The lowest BCUT2D eigenvalue weighted by atomic mass is 9.99. The molecule has 7 atom stereocenters. The maximum Gasteiger partial charge on any atom is 0.326 e. The average molecular weight is 789 g/mol.